The number of hydrogen-bond acceptors (Lipinski definition) is 16. The summed E-state index contributed by atoms with van der Waals surface area (Å²) < 4.78 is 70.5. The van der Waals surface area contributed by atoms with Gasteiger partial charge in [0.1, 0.15) is 40.2 Å². The molecule has 4 aliphatic rings. The Kier molecular flexibility index (Phi) is 32.3. The van der Waals surface area contributed by atoms with Crippen molar-refractivity contribution in [3.8, 4) is 16.9 Å². The number of carboxylic acids is 1. The van der Waals surface area contributed by atoms with Gasteiger partial charge < -0.3 is 45.4 Å². The van der Waals surface area contributed by atoms with E-state index in [0.29, 0.717) is 58.6 Å². The molecule has 2 saturated heterocycles. The zero-order chi connectivity index (χ0) is 80.0. The Morgan fingerprint density at radius 2 is 0.956 bits per heavy atom. The van der Waals surface area contributed by atoms with Crippen LogP contribution in [0.2, 0.25) is 0 Å². The number of Topliss-reactive ketones (excluding diaryl/α,β-unsaturated/α-hetero) is 3. The number of nitrogens with zero attached hydrogens (tertiary/aromatic N) is 5. The summed E-state index contributed by atoms with van der Waals surface area (Å²) in [6.07, 6.45) is 9.81. The van der Waals surface area contributed by atoms with Crippen molar-refractivity contribution in [3.63, 3.8) is 0 Å². The number of aromatic carboxylic acids is 1. The molecule has 6 N–H and O–H groups in total. The monoisotopic (exact) mass is 1680 g/mol. The molecule has 0 saturated carbocycles. The summed E-state index contributed by atoms with van der Waals surface area (Å²) in [5, 5.41) is 24.6. The van der Waals surface area contributed by atoms with Crippen molar-refractivity contribution in [3.05, 3.63) is 293 Å². The van der Waals surface area contributed by atoms with Crippen LogP contribution in [0.3, 0.4) is 0 Å². The molecule has 5 heterocycles. The van der Waals surface area contributed by atoms with E-state index >= 15 is 0 Å². The third-order valence-electron chi connectivity index (χ3n) is 18.0. The number of rotatable bonds is 11. The zero-order valence-corrected chi connectivity index (χ0v) is 67.4. The van der Waals surface area contributed by atoms with Gasteiger partial charge in [0, 0.05) is 106 Å². The van der Waals surface area contributed by atoms with Gasteiger partial charge in [0.15, 0.2) is 22.4 Å². The Balaban J connectivity index is 0.000000191. The summed E-state index contributed by atoms with van der Waals surface area (Å²) in [6, 6.07) is 46.4. The summed E-state index contributed by atoms with van der Waals surface area (Å²) in [7, 11) is 0.549. The average molecular weight is 1680 g/mol. The normalized spacial score (nSPS) is 13.2. The summed E-state index contributed by atoms with van der Waals surface area (Å²) >= 11 is 3.59. The Hall–Kier alpha value is -10.4. The first-order valence-corrected chi connectivity index (χ1v) is 37.4. The third-order valence-corrected chi connectivity index (χ3v) is 19.6. The average Bonchev–Trinajstić information content (AvgIpc) is 1.60. The number of ether oxygens (including phenoxy) is 2. The first-order valence-electron chi connectivity index (χ1n) is 35.5. The summed E-state index contributed by atoms with van der Waals surface area (Å²) in [6.45, 7) is 21.2. The quantitative estimate of drug-likeness (QED) is 0.0469. The van der Waals surface area contributed by atoms with Gasteiger partial charge >= 0.3 is 44.7 Å². The van der Waals surface area contributed by atoms with E-state index in [2.05, 4.69) is 48.5 Å². The van der Waals surface area contributed by atoms with Gasteiger partial charge in [-0.05, 0) is 239 Å². The fourth-order valence-corrected chi connectivity index (χ4v) is 13.7. The van der Waals surface area contributed by atoms with Crippen molar-refractivity contribution in [2.24, 2.45) is 0 Å². The van der Waals surface area contributed by atoms with Crippen LogP contribution in [0.4, 0.5) is 27.2 Å². The second kappa shape index (κ2) is 40.5. The minimum atomic E-state index is -0.918. The van der Waals surface area contributed by atoms with Crippen molar-refractivity contribution in [1.82, 2.24) is 29.2 Å². The topological polar surface area (TPSA) is 290 Å². The third kappa shape index (κ3) is 23.8. The van der Waals surface area contributed by atoms with Crippen molar-refractivity contribution in [2.45, 2.75) is 92.4 Å². The van der Waals surface area contributed by atoms with Gasteiger partial charge in [0.25, 0.3) is 5.91 Å². The Bertz CT molecular complexity index is 5190. The van der Waals surface area contributed by atoms with Crippen molar-refractivity contribution in [2.75, 3.05) is 39.3 Å². The van der Waals surface area contributed by atoms with E-state index < -0.39 is 29.4 Å². The van der Waals surface area contributed by atoms with Gasteiger partial charge in [-0.3, -0.25) is 33.2 Å². The van der Waals surface area contributed by atoms with Crippen LogP contribution in [0.25, 0.3) is 44.1 Å². The van der Waals surface area contributed by atoms with Crippen molar-refractivity contribution in [1.29, 1.82) is 0 Å². The molecule has 0 spiro atoms. The fourth-order valence-electron chi connectivity index (χ4n) is 12.3. The molecule has 2 fully saturated rings. The summed E-state index contributed by atoms with van der Waals surface area (Å²) in [5.41, 5.74) is 12.1. The SMILES string of the molecule is CC(=O)c1ccc2c(-c3ccc(F)cc3)cn(C(=O)OC(C)(C)C)c2c1.CC(=O)c1ccc2c(I)cn(C(=O)OC(C)(C)C)c2c1.CC(=O)c1ccc2c(c1)CC=C2c1ccc(F)cc1.O.O=C(O)c1ccc2c(c1)CC=C2c1ccc(F)cc1.O=C(c1nccs1)N1CCN(C2CNC2)CC1.O[B]Oc1ccc(F)cc1.[Li+].[OH-]. The number of carbonyl (C=O) groups excluding carboxylic acids is 6. The molecule has 8 aromatic carbocycles. The van der Waals surface area contributed by atoms with Crippen LogP contribution < -0.4 is 28.8 Å². The van der Waals surface area contributed by atoms with E-state index in [1.54, 1.807) is 125 Å². The molecular weight excluding hydrogens is 1590 g/mol. The Morgan fingerprint density at radius 3 is 1.38 bits per heavy atom. The number of halogens is 5. The van der Waals surface area contributed by atoms with Gasteiger partial charge in [-0.15, -0.1) is 11.3 Å². The second-order valence-electron chi connectivity index (χ2n) is 28.2. The van der Waals surface area contributed by atoms with Crippen LogP contribution >= 0.6 is 33.9 Å². The van der Waals surface area contributed by atoms with E-state index in [-0.39, 0.29) is 76.3 Å². The minimum absolute atomic E-state index is 0. The van der Waals surface area contributed by atoms with Crippen LogP contribution in [0.15, 0.2) is 206 Å². The van der Waals surface area contributed by atoms with Gasteiger partial charge in [-0.2, -0.15) is 0 Å². The van der Waals surface area contributed by atoms with Crippen molar-refractivity contribution < 1.29 is 105 Å². The van der Waals surface area contributed by atoms with E-state index in [1.165, 1.54) is 95.0 Å². The van der Waals surface area contributed by atoms with E-state index in [0.717, 1.165) is 121 Å². The molecule has 587 valence electrons. The van der Waals surface area contributed by atoms with Crippen LogP contribution in [-0.2, 0) is 22.3 Å². The zero-order valence-electron chi connectivity index (χ0n) is 64.4. The maximum absolute atomic E-state index is 13.3. The molecule has 114 heavy (non-hydrogen) atoms. The van der Waals surface area contributed by atoms with Crippen LogP contribution in [0.1, 0.15) is 147 Å². The molecule has 1 amide bonds. The number of ketones is 3. The largest absolute Gasteiger partial charge is 1.00 e. The molecule has 28 heteroatoms. The molecule has 3 aromatic heterocycles. The Labute approximate surface area is 687 Å². The number of aromatic nitrogens is 3. The number of nitrogens with one attached hydrogen (secondary N) is 1. The van der Waals surface area contributed by atoms with Crippen LogP contribution in [-0.4, -0.2) is 151 Å². The first-order chi connectivity index (χ1) is 52.8. The van der Waals surface area contributed by atoms with Gasteiger partial charge in [-0.1, -0.05) is 91.0 Å². The standard InChI is InChI=1S/C21H20FNO3.C17H13FO.C16H11FO2.C15H16INO3.C11H16N4OS.C6H5BFO2.Li.2H2O/c1-13(24)15-7-10-17-18(14-5-8-16(22)9-6-14)12-23(19(17)11-15)20(25)26-21(2,3)4;1-11(19)13-4-8-17-14(10-13)5-9-16(17)12-2-6-15(18)7-3-12;17-13-5-1-10(2-6-13)14-7-3-11-9-12(16(18)19)4-8-15(11)14;1-9(18)10-5-6-11-12(16)8-17(13(11)7-10)14(19)20-15(2,3)4;16-11(10-13-1-6-17-10)15-4-2-14(3-5-15)9-7-12-8-9;8-5-1-3-6(4-2-5)10-7-9;;;/h5-12H,1-4H3;2-4,6-10H,5H2,1H3;1-2,4-9H,3H2,(H,18,19);5-8H,1-4H3;1,6,9,12H,2-5,7-8H2;1-4,9H;;2*1H2/q;;;;;;+1;;/p-1. The number of fused-ring (bicyclic) bond motifs is 4. The number of piperazine rings is 1. The second-order valence-corrected chi connectivity index (χ2v) is 30.3. The number of amides is 1. The number of carboxylic acid groups (broad SMARTS) is 1. The molecule has 1 radical (unpaired) electrons. The number of thiazole rings is 1. The van der Waals surface area contributed by atoms with Crippen molar-refractivity contribution >= 4 is 116 Å². The molecule has 0 bridgehead atoms. The van der Waals surface area contributed by atoms with Gasteiger partial charge in [0.05, 0.1) is 16.6 Å². The summed E-state index contributed by atoms with van der Waals surface area (Å²) in [5.74, 6) is -1.61. The predicted octanol–water partition coefficient (Wildman–Crippen LogP) is 13.8. The van der Waals surface area contributed by atoms with Crippen LogP contribution in [0, 0.1) is 26.8 Å². The molecule has 20 nitrogen and oxygen atoms in total. The molecule has 0 unspecified atom stereocenters. The molecular formula is C86H84BF4ILiN6O14S. The molecule has 15 rings (SSSR count). The smallest absolute Gasteiger partial charge is 0.870 e. The number of allylic oxidation sites excluding steroid dienone is 2. The molecule has 2 aliphatic heterocycles. The molecule has 2 aliphatic carbocycles. The molecule has 11 aromatic rings. The van der Waals surface area contributed by atoms with E-state index in [1.807, 2.05) is 67.5 Å². The Morgan fingerprint density at radius 1 is 0.544 bits per heavy atom. The van der Waals surface area contributed by atoms with Gasteiger partial charge in [-0.25, -0.2) is 36.9 Å². The summed E-state index contributed by atoms with van der Waals surface area (Å²) in [4.78, 5) is 90.9. The van der Waals surface area contributed by atoms with Crippen LogP contribution in [0.5, 0.6) is 5.75 Å². The van der Waals surface area contributed by atoms with E-state index in [4.69, 9.17) is 19.6 Å². The maximum Gasteiger partial charge on any atom is 1.00 e. The first kappa shape index (κ1) is 90.7. The van der Waals surface area contributed by atoms with Gasteiger partial charge in [0.2, 0.25) is 0 Å². The number of benzene rings is 8. The maximum atomic E-state index is 13.3. The predicted molar refractivity (Wildman–Crippen MR) is 436 cm³/mol. The number of carbonyl (C=O) groups is 7. The molecule has 0 atom stereocenters. The van der Waals surface area contributed by atoms with E-state index in [9.17, 15) is 51.1 Å². The number of hydrogen-bond donors (Lipinski definition) is 3. The fraction of sp³-hybridized carbons (Fsp3) is 0.233. The minimum Gasteiger partial charge on any atom is -0.870 e.